The van der Waals surface area contributed by atoms with Gasteiger partial charge in [-0.25, -0.2) is 8.42 Å². The van der Waals surface area contributed by atoms with E-state index in [0.29, 0.717) is 31.9 Å². The summed E-state index contributed by atoms with van der Waals surface area (Å²) in [6, 6.07) is 27.3. The summed E-state index contributed by atoms with van der Waals surface area (Å²) in [4.78, 5) is 17.6. The Balaban J connectivity index is 1.51. The standard InChI is InChI=1S/C28H33N3O3S/c1-22-14-16-26(17-15-22)31(35(3,33)34)23(2)28(32)30-20-18-29(19-21-30)27(24-10-6-4-7-11-24)25-12-8-5-9-13-25/h4-17,23,27H,18-21H2,1-3H3/t23-/m0/s1. The molecule has 0 spiro atoms. The molecule has 6 nitrogen and oxygen atoms in total. The number of aryl methyl sites for hydroxylation is 1. The Morgan fingerprint density at radius 1 is 0.800 bits per heavy atom. The molecule has 0 aliphatic carbocycles. The molecule has 35 heavy (non-hydrogen) atoms. The Morgan fingerprint density at radius 3 is 1.74 bits per heavy atom. The van der Waals surface area contributed by atoms with E-state index in [1.807, 2.05) is 31.2 Å². The molecule has 1 aliphatic rings. The SMILES string of the molecule is Cc1ccc(N([C@@H](C)C(=O)N2CCN(C(c3ccccc3)c3ccccc3)CC2)S(C)(=O)=O)cc1. The molecule has 1 aliphatic heterocycles. The van der Waals surface area contributed by atoms with E-state index < -0.39 is 16.1 Å². The fourth-order valence-electron chi connectivity index (χ4n) is 4.84. The zero-order valence-corrected chi connectivity index (χ0v) is 21.4. The lowest BCUT2D eigenvalue weighted by Crippen LogP contribution is -2.55. The molecule has 0 aromatic heterocycles. The van der Waals surface area contributed by atoms with Crippen LogP contribution in [-0.4, -0.2) is 62.6 Å². The number of benzene rings is 3. The van der Waals surface area contributed by atoms with Crippen molar-refractivity contribution in [2.24, 2.45) is 0 Å². The highest BCUT2D eigenvalue weighted by Gasteiger charge is 2.34. The molecule has 0 unspecified atom stereocenters. The van der Waals surface area contributed by atoms with Gasteiger partial charge >= 0.3 is 0 Å². The van der Waals surface area contributed by atoms with Crippen LogP contribution in [0.5, 0.6) is 0 Å². The first-order chi connectivity index (χ1) is 16.8. The van der Waals surface area contributed by atoms with Crippen molar-refractivity contribution in [3.05, 3.63) is 102 Å². The molecule has 3 aromatic carbocycles. The van der Waals surface area contributed by atoms with E-state index in [1.54, 1.807) is 24.0 Å². The van der Waals surface area contributed by atoms with Crippen molar-refractivity contribution in [2.75, 3.05) is 36.7 Å². The third-order valence-corrected chi connectivity index (χ3v) is 7.82. The maximum absolute atomic E-state index is 13.4. The van der Waals surface area contributed by atoms with Gasteiger partial charge in [-0.2, -0.15) is 0 Å². The molecule has 184 valence electrons. The van der Waals surface area contributed by atoms with E-state index in [-0.39, 0.29) is 11.9 Å². The fourth-order valence-corrected chi connectivity index (χ4v) is 6.01. The van der Waals surface area contributed by atoms with Crippen molar-refractivity contribution in [3.63, 3.8) is 0 Å². The van der Waals surface area contributed by atoms with Gasteiger partial charge in [-0.3, -0.25) is 14.0 Å². The normalized spacial score (nSPS) is 15.7. The number of rotatable bonds is 7. The first-order valence-electron chi connectivity index (χ1n) is 11.9. The Hall–Kier alpha value is -3.16. The molecular formula is C28H33N3O3S. The number of piperazine rings is 1. The Morgan fingerprint density at radius 2 is 1.29 bits per heavy atom. The summed E-state index contributed by atoms with van der Waals surface area (Å²) in [6.07, 6.45) is 1.15. The van der Waals surface area contributed by atoms with E-state index in [1.165, 1.54) is 15.4 Å². The maximum Gasteiger partial charge on any atom is 0.246 e. The third-order valence-electron chi connectivity index (χ3n) is 6.58. The smallest absolute Gasteiger partial charge is 0.246 e. The average molecular weight is 492 g/mol. The molecule has 0 N–H and O–H groups in total. The highest BCUT2D eigenvalue weighted by molar-refractivity contribution is 7.92. The Labute approximate surface area is 208 Å². The van der Waals surface area contributed by atoms with Gasteiger partial charge in [0.1, 0.15) is 6.04 Å². The lowest BCUT2D eigenvalue weighted by Gasteiger charge is -2.41. The quantitative estimate of drug-likeness (QED) is 0.500. The molecule has 1 fully saturated rings. The van der Waals surface area contributed by atoms with Crippen LogP contribution in [0.15, 0.2) is 84.9 Å². The molecule has 1 amide bonds. The van der Waals surface area contributed by atoms with Gasteiger partial charge in [-0.1, -0.05) is 78.4 Å². The first kappa shape index (κ1) is 24.9. The van der Waals surface area contributed by atoms with Crippen LogP contribution < -0.4 is 4.31 Å². The Kier molecular flexibility index (Phi) is 7.57. The van der Waals surface area contributed by atoms with Gasteiger partial charge in [0.15, 0.2) is 0 Å². The van der Waals surface area contributed by atoms with Gasteiger partial charge in [0.05, 0.1) is 18.0 Å². The van der Waals surface area contributed by atoms with Gasteiger partial charge in [0, 0.05) is 26.2 Å². The van der Waals surface area contributed by atoms with Crippen LogP contribution in [0.2, 0.25) is 0 Å². The van der Waals surface area contributed by atoms with Gasteiger partial charge < -0.3 is 4.90 Å². The number of amides is 1. The summed E-state index contributed by atoms with van der Waals surface area (Å²) >= 11 is 0. The lowest BCUT2D eigenvalue weighted by molar-refractivity contribution is -0.134. The summed E-state index contributed by atoms with van der Waals surface area (Å²) in [7, 11) is -3.63. The molecule has 1 saturated heterocycles. The number of sulfonamides is 1. The second-order valence-electron chi connectivity index (χ2n) is 9.16. The number of carbonyl (C=O) groups excluding carboxylic acids is 1. The molecule has 7 heteroatoms. The second kappa shape index (κ2) is 10.6. The third kappa shape index (κ3) is 5.74. The molecule has 4 rings (SSSR count). The Bertz CT molecular complexity index is 1180. The first-order valence-corrected chi connectivity index (χ1v) is 13.8. The number of nitrogens with zero attached hydrogens (tertiary/aromatic N) is 3. The van der Waals surface area contributed by atoms with Crippen molar-refractivity contribution in [2.45, 2.75) is 25.9 Å². The molecule has 0 bridgehead atoms. The highest BCUT2D eigenvalue weighted by Crippen LogP contribution is 2.30. The van der Waals surface area contributed by atoms with Crippen LogP contribution in [0.3, 0.4) is 0 Å². The van der Waals surface area contributed by atoms with E-state index in [9.17, 15) is 13.2 Å². The topological polar surface area (TPSA) is 60.9 Å². The predicted octanol–water partition coefficient (Wildman–Crippen LogP) is 4.08. The highest BCUT2D eigenvalue weighted by atomic mass is 32.2. The van der Waals surface area contributed by atoms with Crippen molar-refractivity contribution in [1.29, 1.82) is 0 Å². The minimum atomic E-state index is -3.63. The molecule has 3 aromatic rings. The monoisotopic (exact) mass is 491 g/mol. The van der Waals surface area contributed by atoms with Gasteiger partial charge in [0.2, 0.25) is 15.9 Å². The van der Waals surface area contributed by atoms with Crippen LogP contribution in [0, 0.1) is 6.92 Å². The number of anilines is 1. The van der Waals surface area contributed by atoms with E-state index >= 15 is 0 Å². The van der Waals surface area contributed by atoms with E-state index in [0.717, 1.165) is 11.8 Å². The minimum absolute atomic E-state index is 0.104. The molecule has 1 atom stereocenters. The minimum Gasteiger partial charge on any atom is -0.338 e. The summed E-state index contributed by atoms with van der Waals surface area (Å²) in [5, 5.41) is 0. The predicted molar refractivity (Wildman–Crippen MR) is 141 cm³/mol. The average Bonchev–Trinajstić information content (AvgIpc) is 2.86. The van der Waals surface area contributed by atoms with Crippen LogP contribution in [-0.2, 0) is 14.8 Å². The van der Waals surface area contributed by atoms with Crippen molar-refractivity contribution in [3.8, 4) is 0 Å². The summed E-state index contributed by atoms with van der Waals surface area (Å²) in [6.45, 7) is 6.12. The van der Waals surface area contributed by atoms with E-state index in [2.05, 4.69) is 53.4 Å². The molecular weight excluding hydrogens is 458 g/mol. The largest absolute Gasteiger partial charge is 0.338 e. The maximum atomic E-state index is 13.4. The van der Waals surface area contributed by atoms with E-state index in [4.69, 9.17) is 0 Å². The van der Waals surface area contributed by atoms with Crippen LogP contribution in [0.25, 0.3) is 0 Å². The van der Waals surface area contributed by atoms with Crippen LogP contribution in [0.1, 0.15) is 29.7 Å². The zero-order valence-electron chi connectivity index (χ0n) is 20.5. The lowest BCUT2D eigenvalue weighted by atomic mass is 9.96. The van der Waals surface area contributed by atoms with Crippen molar-refractivity contribution in [1.82, 2.24) is 9.80 Å². The van der Waals surface area contributed by atoms with Gasteiger partial charge in [-0.15, -0.1) is 0 Å². The molecule has 1 heterocycles. The summed E-state index contributed by atoms with van der Waals surface area (Å²) < 4.78 is 26.5. The molecule has 0 saturated carbocycles. The summed E-state index contributed by atoms with van der Waals surface area (Å²) in [5.74, 6) is -0.174. The van der Waals surface area contributed by atoms with Crippen molar-refractivity contribution >= 4 is 21.6 Å². The zero-order chi connectivity index (χ0) is 25.0. The number of hydrogen-bond donors (Lipinski definition) is 0. The van der Waals surface area contributed by atoms with Crippen LogP contribution >= 0.6 is 0 Å². The van der Waals surface area contributed by atoms with Crippen LogP contribution in [0.4, 0.5) is 5.69 Å². The summed E-state index contributed by atoms with van der Waals surface area (Å²) in [5.41, 5.74) is 3.97. The molecule has 0 radical (unpaired) electrons. The van der Waals surface area contributed by atoms with Crippen molar-refractivity contribution < 1.29 is 13.2 Å². The van der Waals surface area contributed by atoms with Gasteiger partial charge in [0.25, 0.3) is 0 Å². The second-order valence-corrected chi connectivity index (χ2v) is 11.0. The number of hydrogen-bond acceptors (Lipinski definition) is 4. The van der Waals surface area contributed by atoms with Gasteiger partial charge in [-0.05, 0) is 37.1 Å². The number of carbonyl (C=O) groups is 1. The fraction of sp³-hybridized carbons (Fsp3) is 0.321.